The number of hydrogen-bond donors (Lipinski definition) is 7. The number of aliphatic hydroxyl groups is 7. The fraction of sp³-hybridized carbons (Fsp3) is 1.00. The second kappa shape index (κ2) is 6.79. The largest absolute Gasteiger partial charge is 0.388 e. The molecule has 2 aliphatic heterocycles. The van der Waals surface area contributed by atoms with Crippen molar-refractivity contribution in [1.29, 1.82) is 0 Å². The van der Waals surface area contributed by atoms with Gasteiger partial charge in [-0.05, 0) is 0 Å². The molecule has 0 spiro atoms. The molecule has 10 heteroatoms. The Morgan fingerprint density at radius 2 is 1.48 bits per heavy atom. The molecule has 2 fully saturated rings. The van der Waals surface area contributed by atoms with E-state index in [-0.39, 0.29) is 13.2 Å². The number of rotatable bonds is 3. The smallest absolute Gasteiger partial charge is 0.186 e. The Hall–Kier alpha value is -0.400. The Kier molecular flexibility index (Phi) is 5.48. The molecule has 0 radical (unpaired) electrons. The van der Waals surface area contributed by atoms with Crippen molar-refractivity contribution >= 4 is 0 Å². The zero-order valence-electron chi connectivity index (χ0n) is 11.0. The van der Waals surface area contributed by atoms with Crippen molar-refractivity contribution in [3.05, 3.63) is 0 Å². The van der Waals surface area contributed by atoms with Gasteiger partial charge in [0, 0.05) is 0 Å². The van der Waals surface area contributed by atoms with E-state index >= 15 is 0 Å². The van der Waals surface area contributed by atoms with Crippen LogP contribution in [-0.4, -0.2) is 104 Å². The summed E-state index contributed by atoms with van der Waals surface area (Å²) in [5, 5.41) is 66.2. The van der Waals surface area contributed by atoms with Crippen LogP contribution in [-0.2, 0) is 14.2 Å². The molecule has 0 amide bonds. The highest BCUT2D eigenvalue weighted by Crippen LogP contribution is 2.22. The summed E-state index contributed by atoms with van der Waals surface area (Å²) in [6, 6.07) is 0. The first-order valence-corrected chi connectivity index (χ1v) is 6.48. The predicted molar refractivity (Wildman–Crippen MR) is 62.6 cm³/mol. The van der Waals surface area contributed by atoms with Gasteiger partial charge in [0.05, 0.1) is 13.2 Å². The summed E-state index contributed by atoms with van der Waals surface area (Å²) in [5.41, 5.74) is 0. The van der Waals surface area contributed by atoms with Crippen LogP contribution in [0.25, 0.3) is 0 Å². The average Bonchev–Trinajstić information content (AvgIpc) is 2.46. The van der Waals surface area contributed by atoms with Crippen LogP contribution in [0.15, 0.2) is 0 Å². The van der Waals surface area contributed by atoms with Gasteiger partial charge < -0.3 is 50.0 Å². The van der Waals surface area contributed by atoms with Gasteiger partial charge >= 0.3 is 0 Å². The first-order chi connectivity index (χ1) is 9.82. The Morgan fingerprint density at radius 1 is 0.810 bits per heavy atom. The molecule has 0 aromatic rings. The molecule has 2 rings (SSSR count). The predicted octanol–water partition coefficient (Wildman–Crippen LogP) is -4.76. The molecule has 0 saturated carbocycles. The molecule has 2 saturated heterocycles. The molecule has 0 aromatic heterocycles. The van der Waals surface area contributed by atoms with Gasteiger partial charge in [-0.2, -0.15) is 0 Å². The Labute approximate surface area is 119 Å². The van der Waals surface area contributed by atoms with E-state index in [1.54, 1.807) is 0 Å². The highest BCUT2D eigenvalue weighted by molar-refractivity contribution is 4.89. The quantitative estimate of drug-likeness (QED) is 0.268. The molecule has 0 bridgehead atoms. The van der Waals surface area contributed by atoms with Crippen molar-refractivity contribution in [2.45, 2.75) is 55.3 Å². The first kappa shape index (κ1) is 17.0. The van der Waals surface area contributed by atoms with Gasteiger partial charge in [0.1, 0.15) is 42.7 Å². The normalized spacial score (nSPS) is 51.9. The van der Waals surface area contributed by atoms with Crippen molar-refractivity contribution in [1.82, 2.24) is 0 Å². The maximum atomic E-state index is 9.70. The molecule has 0 aliphatic carbocycles. The Bertz CT molecular complexity index is 341. The lowest BCUT2D eigenvalue weighted by Crippen LogP contribution is -2.59. The summed E-state index contributed by atoms with van der Waals surface area (Å²) in [5.74, 6) is 0. The highest BCUT2D eigenvalue weighted by atomic mass is 16.7. The molecule has 3 unspecified atom stereocenters. The summed E-state index contributed by atoms with van der Waals surface area (Å²) in [6.45, 7) is -0.631. The van der Waals surface area contributed by atoms with Crippen molar-refractivity contribution in [2.24, 2.45) is 0 Å². The number of ether oxygens (including phenoxy) is 3. The van der Waals surface area contributed by atoms with Crippen LogP contribution in [0, 0.1) is 0 Å². The van der Waals surface area contributed by atoms with E-state index in [0.717, 1.165) is 0 Å². The van der Waals surface area contributed by atoms with Crippen molar-refractivity contribution < 1.29 is 50.0 Å². The summed E-state index contributed by atoms with van der Waals surface area (Å²) in [6.07, 6.45) is -13.1. The van der Waals surface area contributed by atoms with E-state index in [1.165, 1.54) is 0 Å². The first-order valence-electron chi connectivity index (χ1n) is 6.48. The minimum absolute atomic E-state index is 0.249. The van der Waals surface area contributed by atoms with Crippen LogP contribution >= 0.6 is 0 Å². The number of aliphatic hydroxyl groups excluding tert-OH is 7. The summed E-state index contributed by atoms with van der Waals surface area (Å²) in [7, 11) is 0. The van der Waals surface area contributed by atoms with Crippen molar-refractivity contribution in [2.75, 3.05) is 13.2 Å². The summed E-state index contributed by atoms with van der Waals surface area (Å²) >= 11 is 0. The fourth-order valence-corrected chi connectivity index (χ4v) is 2.18. The maximum absolute atomic E-state index is 9.70. The summed E-state index contributed by atoms with van der Waals surface area (Å²) < 4.78 is 15.0. The third-order valence-corrected chi connectivity index (χ3v) is 3.57. The Balaban J connectivity index is 1.88. The second-order valence-electron chi connectivity index (χ2n) is 5.12. The van der Waals surface area contributed by atoms with Gasteiger partial charge in [-0.15, -0.1) is 0 Å². The van der Waals surface area contributed by atoms with Crippen LogP contribution in [0.2, 0.25) is 0 Å². The molecular formula is C11H20O10. The standard InChI is InChI=1S/C11H20O10/c12-3-1-19-11(9(17)5(3)13)20-2-4-6(14)7(15)8(16)10(18)21-4/h3-18H,1-2H2/t3-,4?,5?,6-,7?,8+,9+,10-,11+/m1/s1. The van der Waals surface area contributed by atoms with E-state index in [2.05, 4.69) is 0 Å². The molecule has 124 valence electrons. The van der Waals surface area contributed by atoms with Gasteiger partial charge in [-0.1, -0.05) is 0 Å². The van der Waals surface area contributed by atoms with Crippen LogP contribution in [0.5, 0.6) is 0 Å². The Morgan fingerprint density at radius 3 is 2.14 bits per heavy atom. The van der Waals surface area contributed by atoms with Gasteiger partial charge in [0.25, 0.3) is 0 Å². The van der Waals surface area contributed by atoms with E-state index in [1.807, 2.05) is 0 Å². The fourth-order valence-electron chi connectivity index (χ4n) is 2.18. The number of hydrogen-bond acceptors (Lipinski definition) is 10. The molecule has 9 atom stereocenters. The summed E-state index contributed by atoms with van der Waals surface area (Å²) in [4.78, 5) is 0. The second-order valence-corrected chi connectivity index (χ2v) is 5.12. The third kappa shape index (κ3) is 3.51. The molecular weight excluding hydrogens is 292 g/mol. The van der Waals surface area contributed by atoms with E-state index in [0.29, 0.717) is 0 Å². The van der Waals surface area contributed by atoms with Crippen LogP contribution in [0.4, 0.5) is 0 Å². The zero-order chi connectivity index (χ0) is 15.7. The monoisotopic (exact) mass is 312 g/mol. The topological polar surface area (TPSA) is 169 Å². The van der Waals surface area contributed by atoms with Gasteiger partial charge in [-0.25, -0.2) is 0 Å². The van der Waals surface area contributed by atoms with Gasteiger partial charge in [0.2, 0.25) is 0 Å². The minimum atomic E-state index is -1.69. The van der Waals surface area contributed by atoms with Crippen LogP contribution in [0.1, 0.15) is 0 Å². The lowest BCUT2D eigenvalue weighted by atomic mass is 9.99. The van der Waals surface area contributed by atoms with Crippen LogP contribution in [0.3, 0.4) is 0 Å². The molecule has 7 N–H and O–H groups in total. The van der Waals surface area contributed by atoms with E-state index in [9.17, 15) is 35.7 Å². The lowest BCUT2D eigenvalue weighted by molar-refractivity contribution is -0.312. The van der Waals surface area contributed by atoms with E-state index < -0.39 is 55.3 Å². The van der Waals surface area contributed by atoms with E-state index in [4.69, 9.17) is 14.2 Å². The maximum Gasteiger partial charge on any atom is 0.186 e. The average molecular weight is 312 g/mol. The molecule has 10 nitrogen and oxygen atoms in total. The highest BCUT2D eigenvalue weighted by Gasteiger charge is 2.44. The van der Waals surface area contributed by atoms with Gasteiger partial charge in [0.15, 0.2) is 12.6 Å². The lowest BCUT2D eigenvalue weighted by Gasteiger charge is -2.40. The van der Waals surface area contributed by atoms with Crippen molar-refractivity contribution in [3.8, 4) is 0 Å². The third-order valence-electron chi connectivity index (χ3n) is 3.57. The molecule has 21 heavy (non-hydrogen) atoms. The SMILES string of the molecule is OC1[C@H](O)CO[C@@H](OCC2O[C@@H](O)[C@@H](O)C(O)[C@@H]2O)[C@H]1O. The molecule has 2 heterocycles. The van der Waals surface area contributed by atoms with Gasteiger partial charge in [-0.3, -0.25) is 0 Å². The molecule has 2 aliphatic rings. The molecule has 0 aromatic carbocycles. The van der Waals surface area contributed by atoms with Crippen LogP contribution < -0.4 is 0 Å². The van der Waals surface area contributed by atoms with Crippen molar-refractivity contribution in [3.63, 3.8) is 0 Å². The zero-order valence-corrected chi connectivity index (χ0v) is 11.0. The minimum Gasteiger partial charge on any atom is -0.388 e.